The number of benzene rings is 1. The predicted octanol–water partition coefficient (Wildman–Crippen LogP) is 3.88. The van der Waals surface area contributed by atoms with Crippen molar-refractivity contribution in [1.82, 2.24) is 15.0 Å². The Labute approximate surface area is 123 Å². The molecule has 0 saturated carbocycles. The standard InChI is InChI=1S/C12H10BrClFN3O/c1-6(2)19-12-17-10(16-11(14)18-12)7-4-3-5-8(13)9(7)15/h3-6H,1-2H3. The molecule has 0 unspecified atom stereocenters. The molecule has 100 valence electrons. The van der Waals surface area contributed by atoms with Gasteiger partial charge >= 0.3 is 6.01 Å². The third-order valence-corrected chi connectivity index (χ3v) is 2.90. The molecule has 0 aliphatic rings. The van der Waals surface area contributed by atoms with Crippen molar-refractivity contribution >= 4 is 27.5 Å². The van der Waals surface area contributed by atoms with Crippen molar-refractivity contribution in [3.8, 4) is 17.4 Å². The van der Waals surface area contributed by atoms with Crippen molar-refractivity contribution in [3.05, 3.63) is 33.8 Å². The van der Waals surface area contributed by atoms with E-state index in [-0.39, 0.29) is 28.8 Å². The summed E-state index contributed by atoms with van der Waals surface area (Å²) in [5.41, 5.74) is 0.229. The van der Waals surface area contributed by atoms with Crippen LogP contribution in [-0.2, 0) is 0 Å². The molecule has 0 bridgehead atoms. The van der Waals surface area contributed by atoms with Gasteiger partial charge in [0, 0.05) is 0 Å². The second-order valence-corrected chi connectivity index (χ2v) is 5.17. The van der Waals surface area contributed by atoms with Crippen LogP contribution in [0.1, 0.15) is 13.8 Å². The first kappa shape index (κ1) is 14.1. The molecule has 1 aromatic heterocycles. The van der Waals surface area contributed by atoms with Gasteiger partial charge in [0.1, 0.15) is 5.82 Å². The van der Waals surface area contributed by atoms with Crippen molar-refractivity contribution in [3.63, 3.8) is 0 Å². The van der Waals surface area contributed by atoms with Crippen molar-refractivity contribution in [2.45, 2.75) is 20.0 Å². The van der Waals surface area contributed by atoms with E-state index in [4.69, 9.17) is 16.3 Å². The lowest BCUT2D eigenvalue weighted by atomic mass is 10.2. The summed E-state index contributed by atoms with van der Waals surface area (Å²) in [7, 11) is 0. The fraction of sp³-hybridized carbons (Fsp3) is 0.250. The minimum absolute atomic E-state index is 0.0416. The van der Waals surface area contributed by atoms with Gasteiger partial charge in [0.05, 0.1) is 16.1 Å². The van der Waals surface area contributed by atoms with Gasteiger partial charge in [-0.2, -0.15) is 15.0 Å². The Hall–Kier alpha value is -1.27. The maximum atomic E-state index is 14.0. The normalized spacial score (nSPS) is 10.8. The van der Waals surface area contributed by atoms with Crippen LogP contribution in [0, 0.1) is 5.82 Å². The Bertz CT molecular complexity index is 610. The van der Waals surface area contributed by atoms with Gasteiger partial charge in [0.2, 0.25) is 5.28 Å². The molecule has 0 spiro atoms. The van der Waals surface area contributed by atoms with E-state index >= 15 is 0 Å². The van der Waals surface area contributed by atoms with E-state index in [1.165, 1.54) is 0 Å². The summed E-state index contributed by atoms with van der Waals surface area (Å²) >= 11 is 8.91. The molecule has 2 aromatic rings. The summed E-state index contributed by atoms with van der Waals surface area (Å²) in [6.45, 7) is 3.66. The molecule has 0 aliphatic heterocycles. The second-order valence-electron chi connectivity index (χ2n) is 3.98. The molecule has 0 fully saturated rings. The summed E-state index contributed by atoms with van der Waals surface area (Å²) in [4.78, 5) is 11.8. The van der Waals surface area contributed by atoms with E-state index in [1.54, 1.807) is 18.2 Å². The molecule has 4 nitrogen and oxygen atoms in total. The van der Waals surface area contributed by atoms with Gasteiger partial charge in [-0.1, -0.05) is 6.07 Å². The maximum absolute atomic E-state index is 14.0. The van der Waals surface area contributed by atoms with Crippen molar-refractivity contribution in [2.75, 3.05) is 0 Å². The maximum Gasteiger partial charge on any atom is 0.321 e. The highest BCUT2D eigenvalue weighted by molar-refractivity contribution is 9.10. The smallest absolute Gasteiger partial charge is 0.321 e. The van der Waals surface area contributed by atoms with Crippen LogP contribution in [0.2, 0.25) is 5.28 Å². The van der Waals surface area contributed by atoms with Crippen LogP contribution < -0.4 is 4.74 Å². The largest absolute Gasteiger partial charge is 0.461 e. The molecule has 0 amide bonds. The van der Waals surface area contributed by atoms with Gasteiger partial charge in [-0.25, -0.2) is 4.39 Å². The van der Waals surface area contributed by atoms with Crippen LogP contribution in [0.4, 0.5) is 4.39 Å². The van der Waals surface area contributed by atoms with E-state index in [9.17, 15) is 4.39 Å². The molecule has 1 heterocycles. The summed E-state index contributed by atoms with van der Waals surface area (Å²) < 4.78 is 19.7. The zero-order valence-electron chi connectivity index (χ0n) is 10.2. The Balaban J connectivity index is 2.50. The van der Waals surface area contributed by atoms with Crippen LogP contribution >= 0.6 is 27.5 Å². The molecule has 7 heteroatoms. The lowest BCUT2D eigenvalue weighted by molar-refractivity contribution is 0.222. The fourth-order valence-corrected chi connectivity index (χ4v) is 1.91. The van der Waals surface area contributed by atoms with Gasteiger partial charge in [-0.05, 0) is 53.5 Å². The number of hydrogen-bond acceptors (Lipinski definition) is 4. The third kappa shape index (κ3) is 3.39. The molecule has 0 N–H and O–H groups in total. The van der Waals surface area contributed by atoms with Gasteiger partial charge in [-0.15, -0.1) is 0 Å². The SMILES string of the molecule is CC(C)Oc1nc(Cl)nc(-c2cccc(Br)c2F)n1. The number of aromatic nitrogens is 3. The first-order valence-electron chi connectivity index (χ1n) is 5.50. The quantitative estimate of drug-likeness (QED) is 0.846. The Kier molecular flexibility index (Phi) is 4.31. The number of rotatable bonds is 3. The van der Waals surface area contributed by atoms with Crippen LogP contribution in [0.3, 0.4) is 0 Å². The zero-order valence-corrected chi connectivity index (χ0v) is 12.5. The van der Waals surface area contributed by atoms with Crippen molar-refractivity contribution in [2.24, 2.45) is 0 Å². The minimum atomic E-state index is -0.458. The molecular weight excluding hydrogens is 337 g/mol. The lowest BCUT2D eigenvalue weighted by Crippen LogP contribution is -2.10. The van der Waals surface area contributed by atoms with Crippen LogP contribution in [0.25, 0.3) is 11.4 Å². The molecule has 0 aliphatic carbocycles. The van der Waals surface area contributed by atoms with E-state index < -0.39 is 5.82 Å². The first-order chi connectivity index (χ1) is 8.97. The van der Waals surface area contributed by atoms with E-state index in [1.807, 2.05) is 13.8 Å². The monoisotopic (exact) mass is 345 g/mol. The van der Waals surface area contributed by atoms with Gasteiger partial charge in [0.25, 0.3) is 0 Å². The fourth-order valence-electron chi connectivity index (χ4n) is 1.39. The van der Waals surface area contributed by atoms with E-state index in [2.05, 4.69) is 30.9 Å². The van der Waals surface area contributed by atoms with Crippen molar-refractivity contribution < 1.29 is 9.13 Å². The first-order valence-corrected chi connectivity index (χ1v) is 6.67. The lowest BCUT2D eigenvalue weighted by Gasteiger charge is -2.09. The van der Waals surface area contributed by atoms with Crippen molar-refractivity contribution in [1.29, 1.82) is 0 Å². The molecule has 0 atom stereocenters. The highest BCUT2D eigenvalue weighted by atomic mass is 79.9. The van der Waals surface area contributed by atoms with E-state index in [0.717, 1.165) is 0 Å². The van der Waals surface area contributed by atoms with Crippen LogP contribution in [0.5, 0.6) is 6.01 Å². The zero-order chi connectivity index (χ0) is 14.0. The number of halogens is 3. The Morgan fingerprint density at radius 1 is 1.26 bits per heavy atom. The van der Waals surface area contributed by atoms with Gasteiger partial charge in [-0.3, -0.25) is 0 Å². The molecule has 19 heavy (non-hydrogen) atoms. The highest BCUT2D eigenvalue weighted by Crippen LogP contribution is 2.26. The van der Waals surface area contributed by atoms with E-state index in [0.29, 0.717) is 4.47 Å². The van der Waals surface area contributed by atoms with Crippen LogP contribution in [-0.4, -0.2) is 21.1 Å². The highest BCUT2D eigenvalue weighted by Gasteiger charge is 2.14. The molecular formula is C12H10BrClFN3O. The molecule has 2 rings (SSSR count). The summed E-state index contributed by atoms with van der Waals surface area (Å²) in [5.74, 6) is -0.324. The Morgan fingerprint density at radius 3 is 2.68 bits per heavy atom. The minimum Gasteiger partial charge on any atom is -0.461 e. The number of hydrogen-bond donors (Lipinski definition) is 0. The number of nitrogens with zero attached hydrogens (tertiary/aromatic N) is 3. The van der Waals surface area contributed by atoms with Gasteiger partial charge in [0.15, 0.2) is 5.82 Å². The average molecular weight is 347 g/mol. The molecule has 0 radical (unpaired) electrons. The molecule has 1 aromatic carbocycles. The van der Waals surface area contributed by atoms with Crippen LogP contribution in [0.15, 0.2) is 22.7 Å². The molecule has 0 saturated heterocycles. The predicted molar refractivity (Wildman–Crippen MR) is 73.7 cm³/mol. The summed E-state index contributed by atoms with van der Waals surface area (Å²) in [6, 6.07) is 4.91. The second kappa shape index (κ2) is 5.79. The third-order valence-electron chi connectivity index (χ3n) is 2.12. The summed E-state index contributed by atoms with van der Waals surface area (Å²) in [5, 5.41) is -0.0416. The average Bonchev–Trinajstić information content (AvgIpc) is 2.31. The summed E-state index contributed by atoms with van der Waals surface area (Å²) in [6.07, 6.45) is -0.112. The Morgan fingerprint density at radius 2 is 2.00 bits per heavy atom. The topological polar surface area (TPSA) is 47.9 Å². The number of ether oxygens (including phenoxy) is 1. The van der Waals surface area contributed by atoms with Gasteiger partial charge < -0.3 is 4.74 Å².